The first-order valence-corrected chi connectivity index (χ1v) is 9.54. The zero-order valence-electron chi connectivity index (χ0n) is 16.0. The number of carbonyl (C=O) groups is 2. The van der Waals surface area contributed by atoms with Crippen LogP contribution in [0, 0.1) is 12.8 Å². The van der Waals surface area contributed by atoms with Gasteiger partial charge in [-0.25, -0.2) is 4.98 Å². The van der Waals surface area contributed by atoms with Crippen LogP contribution in [0.3, 0.4) is 0 Å². The minimum atomic E-state index is -0.836. The summed E-state index contributed by atoms with van der Waals surface area (Å²) in [5, 5.41) is 9.33. The molecule has 1 aliphatic heterocycles. The monoisotopic (exact) mass is 377 g/mol. The van der Waals surface area contributed by atoms with Gasteiger partial charge >= 0.3 is 5.97 Å². The normalized spacial score (nSPS) is 19.7. The van der Waals surface area contributed by atoms with Gasteiger partial charge in [-0.15, -0.1) is 0 Å². The van der Waals surface area contributed by atoms with Gasteiger partial charge in [0.25, 0.3) is 5.91 Å². The average molecular weight is 377 g/mol. The summed E-state index contributed by atoms with van der Waals surface area (Å²) in [5.74, 6) is -0.615. The fourth-order valence-corrected chi connectivity index (χ4v) is 3.99. The number of aryl methyl sites for hydroxylation is 1. The van der Waals surface area contributed by atoms with Gasteiger partial charge in [-0.05, 0) is 57.0 Å². The summed E-state index contributed by atoms with van der Waals surface area (Å²) < 4.78 is 2.06. The number of likely N-dealkylation sites (tertiary alicyclic amines) is 1. The number of nitrogens with zero attached hydrogens (tertiary/aromatic N) is 3. The third-order valence-electron chi connectivity index (χ3n) is 5.58. The van der Waals surface area contributed by atoms with E-state index in [4.69, 9.17) is 0 Å². The van der Waals surface area contributed by atoms with Crippen molar-refractivity contribution >= 4 is 22.9 Å². The van der Waals surface area contributed by atoms with Crippen LogP contribution in [0.5, 0.6) is 0 Å². The molecule has 0 radical (unpaired) electrons. The Balaban J connectivity index is 1.68. The molecule has 1 aromatic heterocycles. The van der Waals surface area contributed by atoms with Crippen LogP contribution in [-0.2, 0) is 4.79 Å². The van der Waals surface area contributed by atoms with Crippen LogP contribution in [0.2, 0.25) is 0 Å². The van der Waals surface area contributed by atoms with Crippen molar-refractivity contribution in [2.45, 2.75) is 32.7 Å². The highest BCUT2D eigenvalue weighted by Crippen LogP contribution is 2.26. The van der Waals surface area contributed by atoms with E-state index in [-0.39, 0.29) is 18.5 Å². The van der Waals surface area contributed by atoms with Crippen LogP contribution in [-0.4, -0.2) is 44.0 Å². The van der Waals surface area contributed by atoms with Gasteiger partial charge in [-0.2, -0.15) is 0 Å². The Morgan fingerprint density at radius 1 is 1.11 bits per heavy atom. The molecule has 2 atom stereocenters. The number of piperidine rings is 1. The maximum Gasteiger partial charge on any atom is 0.308 e. The van der Waals surface area contributed by atoms with Crippen LogP contribution in [0.1, 0.15) is 35.9 Å². The molecule has 6 nitrogen and oxygen atoms in total. The minimum absolute atomic E-state index is 0.0300. The highest BCUT2D eigenvalue weighted by molar-refractivity contribution is 5.98. The molecular formula is C22H23N3O3. The number of hydrogen-bond acceptors (Lipinski definition) is 3. The fraction of sp³-hybridized carbons (Fsp3) is 0.318. The summed E-state index contributed by atoms with van der Waals surface area (Å²) in [6.45, 7) is 4.17. The topological polar surface area (TPSA) is 75.4 Å². The van der Waals surface area contributed by atoms with Crippen LogP contribution in [0.4, 0.5) is 0 Å². The van der Waals surface area contributed by atoms with E-state index in [9.17, 15) is 14.7 Å². The number of carbonyl (C=O) groups excluding carboxylic acids is 1. The molecule has 1 fully saturated rings. The molecule has 0 aliphatic carbocycles. The van der Waals surface area contributed by atoms with Gasteiger partial charge in [0, 0.05) is 23.8 Å². The third-order valence-corrected chi connectivity index (χ3v) is 5.58. The van der Waals surface area contributed by atoms with E-state index < -0.39 is 11.9 Å². The number of fused-ring (bicyclic) bond motifs is 1. The van der Waals surface area contributed by atoms with Gasteiger partial charge < -0.3 is 10.0 Å². The largest absolute Gasteiger partial charge is 0.481 e. The Morgan fingerprint density at radius 2 is 1.86 bits per heavy atom. The van der Waals surface area contributed by atoms with Gasteiger partial charge in [-0.3, -0.25) is 14.2 Å². The lowest BCUT2D eigenvalue weighted by Gasteiger charge is -2.36. The predicted molar refractivity (Wildman–Crippen MR) is 107 cm³/mol. The highest BCUT2D eigenvalue weighted by atomic mass is 16.4. The highest BCUT2D eigenvalue weighted by Gasteiger charge is 2.33. The minimum Gasteiger partial charge on any atom is -0.481 e. The third kappa shape index (κ3) is 3.15. The SMILES string of the molecule is Cc1nc2cc(C(=O)N3CC(C(=O)O)CCC3C)ccc2n1-c1ccccc1. The van der Waals surface area contributed by atoms with Crippen molar-refractivity contribution in [2.75, 3.05) is 6.54 Å². The number of aliphatic carboxylic acids is 1. The van der Waals surface area contributed by atoms with Crippen molar-refractivity contribution in [1.82, 2.24) is 14.5 Å². The molecule has 1 aliphatic rings. The van der Waals surface area contributed by atoms with E-state index in [1.807, 2.05) is 56.3 Å². The summed E-state index contributed by atoms with van der Waals surface area (Å²) >= 11 is 0. The quantitative estimate of drug-likeness (QED) is 0.756. The van der Waals surface area contributed by atoms with Crippen molar-refractivity contribution in [3.05, 3.63) is 59.9 Å². The van der Waals surface area contributed by atoms with E-state index in [1.54, 1.807) is 11.0 Å². The second-order valence-electron chi connectivity index (χ2n) is 7.45. The smallest absolute Gasteiger partial charge is 0.308 e. The molecule has 2 heterocycles. The Kier molecular flexibility index (Phi) is 4.63. The van der Waals surface area contributed by atoms with Crippen LogP contribution in [0.15, 0.2) is 48.5 Å². The molecule has 1 saturated heterocycles. The zero-order chi connectivity index (χ0) is 19.8. The summed E-state index contributed by atoms with van der Waals surface area (Å²) in [5.41, 5.74) is 3.26. The van der Waals surface area contributed by atoms with Gasteiger partial charge in [-0.1, -0.05) is 18.2 Å². The Hall–Kier alpha value is -3.15. The van der Waals surface area contributed by atoms with Crippen LogP contribution in [0.25, 0.3) is 16.7 Å². The molecule has 1 amide bonds. The fourth-order valence-electron chi connectivity index (χ4n) is 3.99. The standard InChI is InChI=1S/C22H23N3O3/c1-14-8-9-17(22(27)28)13-24(14)21(26)16-10-11-20-19(12-16)23-15(2)25(20)18-6-4-3-5-7-18/h3-7,10-12,14,17H,8-9,13H2,1-2H3,(H,27,28). The van der Waals surface area contributed by atoms with Crippen LogP contribution < -0.4 is 0 Å². The van der Waals surface area contributed by atoms with Gasteiger partial charge in [0.1, 0.15) is 5.82 Å². The zero-order valence-corrected chi connectivity index (χ0v) is 16.0. The van der Waals surface area contributed by atoms with Gasteiger partial charge in [0.05, 0.1) is 17.0 Å². The molecule has 28 heavy (non-hydrogen) atoms. The summed E-state index contributed by atoms with van der Waals surface area (Å²) in [7, 11) is 0. The maximum absolute atomic E-state index is 13.1. The molecule has 0 saturated carbocycles. The number of para-hydroxylation sites is 1. The number of carboxylic acids is 1. The van der Waals surface area contributed by atoms with Crippen molar-refractivity contribution in [1.29, 1.82) is 0 Å². The molecule has 3 aromatic rings. The lowest BCUT2D eigenvalue weighted by atomic mass is 9.93. The van der Waals surface area contributed by atoms with Crippen molar-refractivity contribution < 1.29 is 14.7 Å². The molecule has 144 valence electrons. The Morgan fingerprint density at radius 3 is 2.57 bits per heavy atom. The lowest BCUT2D eigenvalue weighted by molar-refractivity contribution is -0.143. The number of benzene rings is 2. The lowest BCUT2D eigenvalue weighted by Crippen LogP contribution is -2.47. The molecule has 4 rings (SSSR count). The Labute approximate surface area is 163 Å². The van der Waals surface area contributed by atoms with E-state index in [0.717, 1.165) is 22.5 Å². The van der Waals surface area contributed by atoms with Gasteiger partial charge in [0.15, 0.2) is 0 Å². The predicted octanol–water partition coefficient (Wildman–Crippen LogP) is 3.66. The Bertz CT molecular complexity index is 1040. The van der Waals surface area contributed by atoms with E-state index >= 15 is 0 Å². The first-order valence-electron chi connectivity index (χ1n) is 9.54. The summed E-state index contributed by atoms with van der Waals surface area (Å²) in [6, 6.07) is 15.5. The second-order valence-corrected chi connectivity index (χ2v) is 7.45. The maximum atomic E-state index is 13.1. The van der Waals surface area contributed by atoms with Crippen molar-refractivity contribution in [3.8, 4) is 5.69 Å². The number of carboxylic acid groups (broad SMARTS) is 1. The molecule has 0 bridgehead atoms. The summed E-state index contributed by atoms with van der Waals surface area (Å²) in [6.07, 6.45) is 1.31. The first kappa shape index (κ1) is 18.2. The average Bonchev–Trinajstić information content (AvgIpc) is 3.03. The number of imidazole rings is 1. The molecule has 2 aromatic carbocycles. The molecule has 6 heteroatoms. The molecule has 0 spiro atoms. The number of hydrogen-bond donors (Lipinski definition) is 1. The van der Waals surface area contributed by atoms with E-state index in [1.165, 1.54) is 0 Å². The first-order chi connectivity index (χ1) is 13.5. The van der Waals surface area contributed by atoms with Gasteiger partial charge in [0.2, 0.25) is 0 Å². The number of aromatic nitrogens is 2. The van der Waals surface area contributed by atoms with E-state index in [0.29, 0.717) is 18.4 Å². The molecule has 1 N–H and O–H groups in total. The second kappa shape index (κ2) is 7.11. The summed E-state index contributed by atoms with van der Waals surface area (Å²) in [4.78, 5) is 30.8. The number of amides is 1. The number of rotatable bonds is 3. The molecule has 2 unspecified atom stereocenters. The van der Waals surface area contributed by atoms with Crippen molar-refractivity contribution in [2.24, 2.45) is 5.92 Å². The van der Waals surface area contributed by atoms with Crippen LogP contribution >= 0.6 is 0 Å². The van der Waals surface area contributed by atoms with E-state index in [2.05, 4.69) is 9.55 Å². The molecular weight excluding hydrogens is 354 g/mol. The van der Waals surface area contributed by atoms with Crippen molar-refractivity contribution in [3.63, 3.8) is 0 Å².